The molecule has 3 rings (SSSR count). The van der Waals surface area contributed by atoms with Gasteiger partial charge in [0.25, 0.3) is 0 Å². The van der Waals surface area contributed by atoms with Crippen molar-refractivity contribution in [2.75, 3.05) is 5.32 Å². The normalized spacial score (nSPS) is 10.5. The Morgan fingerprint density at radius 3 is 2.76 bits per heavy atom. The molecule has 0 aliphatic carbocycles. The highest BCUT2D eigenvalue weighted by atomic mass is 32.1. The second-order valence-corrected chi connectivity index (χ2v) is 5.76. The highest BCUT2D eigenvalue weighted by Crippen LogP contribution is 2.20. The first kappa shape index (κ1) is 13.6. The van der Waals surface area contributed by atoms with E-state index in [1.165, 1.54) is 0 Å². The summed E-state index contributed by atoms with van der Waals surface area (Å²) < 4.78 is 1.75. The Hall–Kier alpha value is -2.40. The van der Waals surface area contributed by atoms with E-state index in [-0.39, 0.29) is 5.91 Å². The van der Waals surface area contributed by atoms with Gasteiger partial charge in [0.2, 0.25) is 5.91 Å². The number of aromatic nitrogens is 2. The van der Waals surface area contributed by atoms with Crippen molar-refractivity contribution in [2.24, 2.45) is 0 Å². The summed E-state index contributed by atoms with van der Waals surface area (Å²) in [5.41, 5.74) is 1.87. The maximum Gasteiger partial charge on any atom is 0.230 e. The zero-order valence-electron chi connectivity index (χ0n) is 11.6. The van der Waals surface area contributed by atoms with Crippen LogP contribution in [0, 0.1) is 6.92 Å². The summed E-state index contributed by atoms with van der Waals surface area (Å²) in [5.74, 6) is 0.695. The average molecular weight is 297 g/mol. The molecule has 21 heavy (non-hydrogen) atoms. The number of hydrogen-bond donors (Lipinski definition) is 1. The summed E-state index contributed by atoms with van der Waals surface area (Å²) in [6, 6.07) is 13.7. The molecular formula is C16H15N3OS. The molecule has 0 spiro atoms. The van der Waals surface area contributed by atoms with Crippen LogP contribution in [0.3, 0.4) is 0 Å². The van der Waals surface area contributed by atoms with Gasteiger partial charge in [-0.2, -0.15) is 5.10 Å². The van der Waals surface area contributed by atoms with Crippen LogP contribution in [-0.4, -0.2) is 15.7 Å². The number of amides is 1. The highest BCUT2D eigenvalue weighted by molar-refractivity contribution is 7.10. The minimum atomic E-state index is -0.0294. The molecule has 0 radical (unpaired) electrons. The molecule has 2 aromatic heterocycles. The summed E-state index contributed by atoms with van der Waals surface area (Å²) in [7, 11) is 0. The number of benzene rings is 1. The van der Waals surface area contributed by atoms with Gasteiger partial charge in [0.05, 0.1) is 18.3 Å². The van der Waals surface area contributed by atoms with Crippen molar-refractivity contribution in [2.45, 2.75) is 13.3 Å². The third-order valence-corrected chi connectivity index (χ3v) is 4.00. The Morgan fingerprint density at radius 1 is 1.24 bits per heavy atom. The van der Waals surface area contributed by atoms with Crippen LogP contribution >= 0.6 is 11.3 Å². The number of hydrogen-bond acceptors (Lipinski definition) is 3. The summed E-state index contributed by atoms with van der Waals surface area (Å²) in [5, 5.41) is 9.28. The Bertz CT molecular complexity index is 732. The summed E-state index contributed by atoms with van der Waals surface area (Å²) in [4.78, 5) is 13.2. The van der Waals surface area contributed by atoms with Crippen LogP contribution in [0.1, 0.15) is 10.4 Å². The molecule has 5 heteroatoms. The first-order chi connectivity index (χ1) is 10.2. The second-order valence-electron chi connectivity index (χ2n) is 4.73. The number of nitrogens with one attached hydrogen (secondary N) is 1. The number of rotatable bonds is 4. The molecule has 1 N–H and O–H groups in total. The van der Waals surface area contributed by atoms with Gasteiger partial charge in [-0.1, -0.05) is 24.3 Å². The van der Waals surface area contributed by atoms with Crippen molar-refractivity contribution >= 4 is 23.1 Å². The maximum atomic E-state index is 12.2. The van der Waals surface area contributed by atoms with E-state index in [9.17, 15) is 4.79 Å². The van der Waals surface area contributed by atoms with Crippen LogP contribution in [0.4, 0.5) is 5.82 Å². The van der Waals surface area contributed by atoms with Gasteiger partial charge in [0, 0.05) is 10.4 Å². The van der Waals surface area contributed by atoms with E-state index >= 15 is 0 Å². The molecule has 3 aromatic rings. The molecule has 1 aromatic carbocycles. The molecular weight excluding hydrogens is 282 g/mol. The minimum absolute atomic E-state index is 0.0294. The van der Waals surface area contributed by atoms with Gasteiger partial charge in [-0.3, -0.25) is 4.79 Å². The van der Waals surface area contributed by atoms with E-state index in [0.717, 1.165) is 21.9 Å². The molecule has 0 atom stereocenters. The van der Waals surface area contributed by atoms with Gasteiger partial charge >= 0.3 is 0 Å². The predicted molar refractivity (Wildman–Crippen MR) is 85.0 cm³/mol. The zero-order valence-corrected chi connectivity index (χ0v) is 12.4. The Morgan fingerprint density at radius 2 is 2.05 bits per heavy atom. The lowest BCUT2D eigenvalue weighted by atomic mass is 10.3. The fourth-order valence-corrected chi connectivity index (χ4v) is 2.80. The third kappa shape index (κ3) is 3.03. The average Bonchev–Trinajstić information content (AvgIpc) is 3.11. The Kier molecular flexibility index (Phi) is 3.83. The molecule has 0 saturated carbocycles. The predicted octanol–water partition coefficient (Wildman–Crippen LogP) is 3.42. The lowest BCUT2D eigenvalue weighted by molar-refractivity contribution is -0.115. The number of nitrogens with zero attached hydrogens (tertiary/aromatic N) is 2. The van der Waals surface area contributed by atoms with E-state index in [4.69, 9.17) is 0 Å². The quantitative estimate of drug-likeness (QED) is 0.802. The molecule has 0 aliphatic rings. The van der Waals surface area contributed by atoms with Crippen LogP contribution in [0.5, 0.6) is 0 Å². The van der Waals surface area contributed by atoms with Gasteiger partial charge in [0.1, 0.15) is 5.82 Å². The molecule has 4 nitrogen and oxygen atoms in total. The van der Waals surface area contributed by atoms with Crippen LogP contribution in [0.2, 0.25) is 0 Å². The number of carbonyl (C=O) groups is 1. The summed E-state index contributed by atoms with van der Waals surface area (Å²) in [6.07, 6.45) is 2.14. The molecule has 0 fully saturated rings. The number of carbonyl (C=O) groups excluding carboxylic acids is 1. The number of anilines is 1. The molecule has 0 unspecified atom stereocenters. The van der Waals surface area contributed by atoms with Gasteiger partial charge in [-0.15, -0.1) is 11.3 Å². The smallest absolute Gasteiger partial charge is 0.230 e. The van der Waals surface area contributed by atoms with Crippen molar-refractivity contribution in [1.29, 1.82) is 0 Å². The van der Waals surface area contributed by atoms with Crippen molar-refractivity contribution < 1.29 is 4.79 Å². The maximum absolute atomic E-state index is 12.2. The van der Waals surface area contributed by atoms with Crippen molar-refractivity contribution in [3.8, 4) is 5.69 Å². The standard InChI is InChI=1S/C16H15N3OS/c1-12-11-17-19(13-6-3-2-4-7-13)16(12)18-15(20)10-14-8-5-9-21-14/h2-9,11H,10H2,1H3,(H,18,20). The van der Waals surface area contributed by atoms with Crippen LogP contribution in [0.15, 0.2) is 54.0 Å². The summed E-state index contributed by atoms with van der Waals surface area (Å²) in [6.45, 7) is 1.94. The van der Waals surface area contributed by atoms with E-state index in [0.29, 0.717) is 6.42 Å². The van der Waals surface area contributed by atoms with Crippen molar-refractivity contribution in [3.05, 3.63) is 64.5 Å². The zero-order chi connectivity index (χ0) is 14.7. The third-order valence-electron chi connectivity index (χ3n) is 3.13. The minimum Gasteiger partial charge on any atom is -0.310 e. The number of para-hydroxylation sites is 1. The first-order valence-electron chi connectivity index (χ1n) is 6.66. The fourth-order valence-electron chi connectivity index (χ4n) is 2.09. The van der Waals surface area contributed by atoms with Gasteiger partial charge < -0.3 is 5.32 Å². The van der Waals surface area contributed by atoms with E-state index in [2.05, 4.69) is 10.4 Å². The lowest BCUT2D eigenvalue weighted by Crippen LogP contribution is -2.17. The van der Waals surface area contributed by atoms with Crippen LogP contribution in [-0.2, 0) is 11.2 Å². The molecule has 0 aliphatic heterocycles. The van der Waals surface area contributed by atoms with Crippen molar-refractivity contribution in [1.82, 2.24) is 9.78 Å². The molecule has 106 valence electrons. The van der Waals surface area contributed by atoms with Gasteiger partial charge in [0.15, 0.2) is 0 Å². The van der Waals surface area contributed by atoms with E-state index < -0.39 is 0 Å². The SMILES string of the molecule is Cc1cnn(-c2ccccc2)c1NC(=O)Cc1cccs1. The lowest BCUT2D eigenvalue weighted by Gasteiger charge is -2.09. The highest BCUT2D eigenvalue weighted by Gasteiger charge is 2.13. The first-order valence-corrected chi connectivity index (χ1v) is 7.54. The molecule has 1 amide bonds. The second kappa shape index (κ2) is 5.93. The van der Waals surface area contributed by atoms with Gasteiger partial charge in [-0.25, -0.2) is 4.68 Å². The fraction of sp³-hybridized carbons (Fsp3) is 0.125. The Balaban J connectivity index is 1.82. The summed E-state index contributed by atoms with van der Waals surface area (Å²) >= 11 is 1.59. The monoisotopic (exact) mass is 297 g/mol. The van der Waals surface area contributed by atoms with Crippen molar-refractivity contribution in [3.63, 3.8) is 0 Å². The molecule has 2 heterocycles. The van der Waals surface area contributed by atoms with Gasteiger partial charge in [-0.05, 0) is 30.5 Å². The molecule has 0 bridgehead atoms. The molecule has 0 saturated heterocycles. The topological polar surface area (TPSA) is 46.9 Å². The largest absolute Gasteiger partial charge is 0.310 e. The van der Waals surface area contributed by atoms with E-state index in [1.54, 1.807) is 22.2 Å². The Labute approximate surface area is 127 Å². The number of thiophene rings is 1. The van der Waals surface area contributed by atoms with Crippen LogP contribution in [0.25, 0.3) is 5.69 Å². The van der Waals surface area contributed by atoms with E-state index in [1.807, 2.05) is 54.8 Å². The number of aryl methyl sites for hydroxylation is 1. The van der Waals surface area contributed by atoms with Crippen LogP contribution < -0.4 is 5.32 Å².